The molecule has 1 aliphatic rings. The number of nitrogens with two attached hydrogens (primary N) is 1. The van der Waals surface area contributed by atoms with E-state index in [9.17, 15) is 4.79 Å². The van der Waals surface area contributed by atoms with Crippen molar-refractivity contribution in [3.8, 4) is 0 Å². The second-order valence-corrected chi connectivity index (χ2v) is 5.34. The molecule has 0 aromatic carbocycles. The monoisotopic (exact) mass is 226 g/mol. The molecule has 2 unspecified atom stereocenters. The average Bonchev–Trinajstić information content (AvgIpc) is 2.77. The Balaban J connectivity index is 2.56. The predicted molar refractivity (Wildman–Crippen MR) is 67.0 cm³/mol. The molecule has 0 spiro atoms. The van der Waals surface area contributed by atoms with Crippen LogP contribution in [0.3, 0.4) is 0 Å². The Kier molecular flexibility index (Phi) is 4.78. The molecule has 94 valence electrons. The maximum absolute atomic E-state index is 12.2. The molecule has 0 radical (unpaired) electrons. The first-order valence-corrected chi connectivity index (χ1v) is 6.57. The van der Waals surface area contributed by atoms with E-state index in [2.05, 4.69) is 26.1 Å². The van der Waals surface area contributed by atoms with Gasteiger partial charge in [-0.05, 0) is 25.7 Å². The Bertz CT molecular complexity index is 234. The Morgan fingerprint density at radius 1 is 1.38 bits per heavy atom. The van der Waals surface area contributed by atoms with Crippen molar-refractivity contribution >= 4 is 5.91 Å². The topological polar surface area (TPSA) is 55.1 Å². The van der Waals surface area contributed by atoms with Crippen molar-refractivity contribution in [2.45, 2.75) is 58.9 Å². The van der Waals surface area contributed by atoms with Crippen LogP contribution >= 0.6 is 0 Å². The number of hydrogen-bond acceptors (Lipinski definition) is 2. The maximum atomic E-state index is 12.2. The van der Waals surface area contributed by atoms with E-state index in [4.69, 9.17) is 5.73 Å². The summed E-state index contributed by atoms with van der Waals surface area (Å²) in [6.07, 6.45) is 5.30. The zero-order chi connectivity index (χ0) is 12.2. The third kappa shape index (κ3) is 2.76. The fourth-order valence-electron chi connectivity index (χ4n) is 2.43. The molecular weight excluding hydrogens is 200 g/mol. The minimum atomic E-state index is -0.262. The number of hydrogen-bond donors (Lipinski definition) is 2. The molecule has 2 atom stereocenters. The normalized spacial score (nSPS) is 22.8. The quantitative estimate of drug-likeness (QED) is 0.754. The van der Waals surface area contributed by atoms with Crippen LogP contribution in [-0.2, 0) is 4.79 Å². The van der Waals surface area contributed by atoms with E-state index >= 15 is 0 Å². The minimum Gasteiger partial charge on any atom is -0.353 e. The van der Waals surface area contributed by atoms with E-state index in [-0.39, 0.29) is 17.4 Å². The summed E-state index contributed by atoms with van der Waals surface area (Å²) in [7, 11) is 0. The van der Waals surface area contributed by atoms with Gasteiger partial charge < -0.3 is 11.1 Å². The van der Waals surface area contributed by atoms with Gasteiger partial charge in [0.1, 0.15) is 0 Å². The van der Waals surface area contributed by atoms with Gasteiger partial charge in [-0.1, -0.05) is 33.1 Å². The van der Waals surface area contributed by atoms with Crippen LogP contribution < -0.4 is 11.1 Å². The van der Waals surface area contributed by atoms with E-state index in [1.165, 1.54) is 0 Å². The van der Waals surface area contributed by atoms with Crippen LogP contribution in [0.2, 0.25) is 0 Å². The van der Waals surface area contributed by atoms with Crippen LogP contribution in [-0.4, -0.2) is 18.5 Å². The van der Waals surface area contributed by atoms with Gasteiger partial charge >= 0.3 is 0 Å². The van der Waals surface area contributed by atoms with E-state index in [1.54, 1.807) is 0 Å². The third-order valence-electron chi connectivity index (χ3n) is 4.29. The number of amides is 1. The van der Waals surface area contributed by atoms with Gasteiger partial charge in [0.25, 0.3) is 0 Å². The summed E-state index contributed by atoms with van der Waals surface area (Å²) in [4.78, 5) is 12.2. The van der Waals surface area contributed by atoms with Crippen LogP contribution in [0.15, 0.2) is 0 Å². The minimum absolute atomic E-state index is 0.181. The van der Waals surface area contributed by atoms with Crippen LogP contribution in [0.5, 0.6) is 0 Å². The van der Waals surface area contributed by atoms with E-state index < -0.39 is 0 Å². The summed E-state index contributed by atoms with van der Waals surface area (Å²) in [6, 6.07) is 0.251. The van der Waals surface area contributed by atoms with Gasteiger partial charge in [-0.3, -0.25) is 4.79 Å². The van der Waals surface area contributed by atoms with E-state index in [1.807, 2.05) is 0 Å². The standard InChI is InChI=1S/C13H26N2O/c1-4-10(2)11(3)15-12(16)13(9-14)7-5-6-8-13/h10-11H,4-9,14H2,1-3H3,(H,15,16). The number of nitrogens with one attached hydrogen (secondary N) is 1. The first-order valence-electron chi connectivity index (χ1n) is 6.57. The van der Waals surface area contributed by atoms with Crippen molar-refractivity contribution in [3.05, 3.63) is 0 Å². The van der Waals surface area contributed by atoms with Gasteiger partial charge in [-0.25, -0.2) is 0 Å². The first kappa shape index (κ1) is 13.5. The van der Waals surface area contributed by atoms with Gasteiger partial charge in [-0.2, -0.15) is 0 Å². The summed E-state index contributed by atoms with van der Waals surface area (Å²) in [5.41, 5.74) is 5.53. The molecule has 3 heteroatoms. The fraction of sp³-hybridized carbons (Fsp3) is 0.923. The molecule has 0 aromatic rings. The molecule has 3 nitrogen and oxygen atoms in total. The molecule has 1 aliphatic carbocycles. The zero-order valence-corrected chi connectivity index (χ0v) is 10.9. The molecule has 0 aliphatic heterocycles. The van der Waals surface area contributed by atoms with Crippen LogP contribution in [0.25, 0.3) is 0 Å². The summed E-state index contributed by atoms with van der Waals surface area (Å²) in [6.45, 7) is 6.91. The zero-order valence-electron chi connectivity index (χ0n) is 10.9. The largest absolute Gasteiger partial charge is 0.353 e. The number of carbonyl (C=O) groups excluding carboxylic acids is 1. The Morgan fingerprint density at radius 2 is 1.94 bits per heavy atom. The van der Waals surface area contributed by atoms with Gasteiger partial charge in [0, 0.05) is 12.6 Å². The maximum Gasteiger partial charge on any atom is 0.227 e. The highest BCUT2D eigenvalue weighted by molar-refractivity contribution is 5.83. The first-order chi connectivity index (χ1) is 7.55. The molecule has 16 heavy (non-hydrogen) atoms. The molecule has 1 fully saturated rings. The highest BCUT2D eigenvalue weighted by Crippen LogP contribution is 2.37. The Morgan fingerprint density at radius 3 is 2.38 bits per heavy atom. The number of carbonyl (C=O) groups is 1. The van der Waals surface area contributed by atoms with Crippen molar-refractivity contribution in [3.63, 3.8) is 0 Å². The summed E-state index contributed by atoms with van der Waals surface area (Å²) >= 11 is 0. The van der Waals surface area contributed by atoms with Crippen LogP contribution in [0.1, 0.15) is 52.9 Å². The second kappa shape index (κ2) is 5.67. The van der Waals surface area contributed by atoms with E-state index in [0.29, 0.717) is 12.5 Å². The molecule has 0 saturated heterocycles. The molecule has 1 rings (SSSR count). The summed E-state index contributed by atoms with van der Waals surface area (Å²) < 4.78 is 0. The van der Waals surface area contributed by atoms with Crippen molar-refractivity contribution in [2.75, 3.05) is 6.54 Å². The van der Waals surface area contributed by atoms with Crippen molar-refractivity contribution in [1.82, 2.24) is 5.32 Å². The molecule has 0 heterocycles. The molecular formula is C13H26N2O. The lowest BCUT2D eigenvalue weighted by molar-refractivity contribution is -0.131. The van der Waals surface area contributed by atoms with Crippen molar-refractivity contribution in [1.29, 1.82) is 0 Å². The second-order valence-electron chi connectivity index (χ2n) is 5.34. The van der Waals surface area contributed by atoms with Gasteiger partial charge in [0.05, 0.1) is 5.41 Å². The van der Waals surface area contributed by atoms with Crippen LogP contribution in [0.4, 0.5) is 0 Å². The van der Waals surface area contributed by atoms with Crippen LogP contribution in [0, 0.1) is 11.3 Å². The lowest BCUT2D eigenvalue weighted by Gasteiger charge is -2.29. The summed E-state index contributed by atoms with van der Waals surface area (Å²) in [5.74, 6) is 0.709. The fourth-order valence-corrected chi connectivity index (χ4v) is 2.43. The predicted octanol–water partition coefficient (Wildman–Crippen LogP) is 2.06. The lowest BCUT2D eigenvalue weighted by atomic mass is 9.84. The Labute approximate surface area is 99.2 Å². The Hall–Kier alpha value is -0.570. The molecule has 3 N–H and O–H groups in total. The van der Waals surface area contributed by atoms with E-state index in [0.717, 1.165) is 32.1 Å². The van der Waals surface area contributed by atoms with Crippen molar-refractivity contribution < 1.29 is 4.79 Å². The third-order valence-corrected chi connectivity index (χ3v) is 4.29. The molecule has 0 aromatic heterocycles. The van der Waals surface area contributed by atoms with Gasteiger partial charge in [0.2, 0.25) is 5.91 Å². The van der Waals surface area contributed by atoms with Gasteiger partial charge in [-0.15, -0.1) is 0 Å². The highest BCUT2D eigenvalue weighted by atomic mass is 16.2. The van der Waals surface area contributed by atoms with Crippen molar-refractivity contribution in [2.24, 2.45) is 17.1 Å². The SMILES string of the molecule is CCC(C)C(C)NC(=O)C1(CN)CCCC1. The highest BCUT2D eigenvalue weighted by Gasteiger charge is 2.40. The summed E-state index contributed by atoms with van der Waals surface area (Å²) in [5, 5.41) is 3.15. The van der Waals surface area contributed by atoms with Gasteiger partial charge in [0.15, 0.2) is 0 Å². The average molecular weight is 226 g/mol. The molecule has 1 saturated carbocycles. The molecule has 0 bridgehead atoms. The lowest BCUT2D eigenvalue weighted by Crippen LogP contribution is -2.48. The number of rotatable bonds is 5. The smallest absolute Gasteiger partial charge is 0.227 e. The molecule has 1 amide bonds.